The van der Waals surface area contributed by atoms with Crippen LogP contribution in [0.4, 0.5) is 0 Å². The van der Waals surface area contributed by atoms with Gasteiger partial charge in [0.15, 0.2) is 0 Å². The molecule has 0 unspecified atom stereocenters. The Morgan fingerprint density at radius 2 is 1.88 bits per heavy atom. The Hall–Kier alpha value is -0.0800. The van der Waals surface area contributed by atoms with Crippen molar-refractivity contribution in [2.75, 3.05) is 33.7 Å². The minimum Gasteiger partial charge on any atom is -0.319 e. The summed E-state index contributed by atoms with van der Waals surface area (Å²) >= 11 is 0. The largest absolute Gasteiger partial charge is 0.319 e. The third-order valence-electron chi connectivity index (χ3n) is 3.96. The van der Waals surface area contributed by atoms with Crippen molar-refractivity contribution in [3.05, 3.63) is 0 Å². The van der Waals surface area contributed by atoms with Gasteiger partial charge in [0.25, 0.3) is 0 Å². The Morgan fingerprint density at radius 3 is 2.44 bits per heavy atom. The van der Waals surface area contributed by atoms with Crippen LogP contribution < -0.4 is 5.32 Å². The van der Waals surface area contributed by atoms with Crippen molar-refractivity contribution < 1.29 is 0 Å². The number of hydrogen-bond acceptors (Lipinski definition) is 2. The van der Waals surface area contributed by atoms with Crippen molar-refractivity contribution in [2.45, 2.75) is 51.9 Å². The first-order valence-corrected chi connectivity index (χ1v) is 7.05. The van der Waals surface area contributed by atoms with E-state index in [1.165, 1.54) is 64.6 Å². The molecular weight excluding hydrogens is 196 g/mol. The molecule has 1 N–H and O–H groups in total. The molecule has 0 radical (unpaired) electrons. The maximum absolute atomic E-state index is 3.41. The fourth-order valence-corrected chi connectivity index (χ4v) is 3.15. The van der Waals surface area contributed by atoms with Gasteiger partial charge >= 0.3 is 0 Å². The molecule has 1 saturated carbocycles. The van der Waals surface area contributed by atoms with Crippen molar-refractivity contribution >= 4 is 0 Å². The highest BCUT2D eigenvalue weighted by molar-refractivity contribution is 4.86. The smallest absolute Gasteiger partial charge is 0.00471 e. The van der Waals surface area contributed by atoms with Crippen LogP contribution in [0.15, 0.2) is 0 Å². The summed E-state index contributed by atoms with van der Waals surface area (Å²) in [5.74, 6) is 0. The van der Waals surface area contributed by atoms with E-state index < -0.39 is 0 Å². The number of nitrogens with zero attached hydrogens (tertiary/aromatic N) is 1. The first-order valence-electron chi connectivity index (χ1n) is 7.05. The number of nitrogens with one attached hydrogen (secondary N) is 1. The van der Waals surface area contributed by atoms with Crippen LogP contribution in [0.3, 0.4) is 0 Å². The monoisotopic (exact) mass is 226 g/mol. The molecule has 1 rings (SSSR count). The first kappa shape index (κ1) is 14.0. The molecule has 0 aliphatic heterocycles. The standard InChI is InChI=1S/C14H30N2/c1-4-5-11-16(3)13-14(12-15-2)9-7-6-8-10-14/h15H,4-13H2,1-3H3. The van der Waals surface area contributed by atoms with Crippen molar-refractivity contribution in [3.63, 3.8) is 0 Å². The third-order valence-corrected chi connectivity index (χ3v) is 3.96. The maximum atomic E-state index is 3.41. The van der Waals surface area contributed by atoms with Gasteiger partial charge in [-0.25, -0.2) is 0 Å². The summed E-state index contributed by atoms with van der Waals surface area (Å²) in [7, 11) is 4.39. The zero-order valence-electron chi connectivity index (χ0n) is 11.5. The van der Waals surface area contributed by atoms with E-state index in [1.54, 1.807) is 0 Å². The molecule has 1 aliphatic carbocycles. The average Bonchev–Trinajstić information content (AvgIpc) is 2.28. The molecule has 2 nitrogen and oxygen atoms in total. The summed E-state index contributed by atoms with van der Waals surface area (Å²) in [4.78, 5) is 2.55. The van der Waals surface area contributed by atoms with Crippen molar-refractivity contribution in [2.24, 2.45) is 5.41 Å². The molecule has 1 aliphatic rings. The summed E-state index contributed by atoms with van der Waals surface area (Å²) in [6.45, 7) is 6.02. The molecule has 0 aromatic heterocycles. The summed E-state index contributed by atoms with van der Waals surface area (Å²) in [6, 6.07) is 0. The van der Waals surface area contributed by atoms with Crippen LogP contribution in [0, 0.1) is 5.41 Å². The normalized spacial score (nSPS) is 20.2. The molecule has 0 heterocycles. The van der Waals surface area contributed by atoms with Crippen molar-refractivity contribution in [1.82, 2.24) is 10.2 Å². The molecule has 0 spiro atoms. The summed E-state index contributed by atoms with van der Waals surface area (Å²) in [5.41, 5.74) is 0.565. The van der Waals surface area contributed by atoms with Gasteiger partial charge in [-0.2, -0.15) is 0 Å². The molecule has 1 fully saturated rings. The van der Waals surface area contributed by atoms with E-state index in [0.29, 0.717) is 5.41 Å². The average molecular weight is 226 g/mol. The highest BCUT2D eigenvalue weighted by Gasteiger charge is 2.32. The molecule has 0 bridgehead atoms. The predicted molar refractivity (Wildman–Crippen MR) is 71.8 cm³/mol. The fraction of sp³-hybridized carbons (Fsp3) is 1.00. The lowest BCUT2D eigenvalue weighted by Crippen LogP contribution is -2.43. The van der Waals surface area contributed by atoms with Crippen LogP contribution in [0.2, 0.25) is 0 Å². The molecule has 16 heavy (non-hydrogen) atoms. The van der Waals surface area contributed by atoms with Crippen LogP contribution in [0.5, 0.6) is 0 Å². The fourth-order valence-electron chi connectivity index (χ4n) is 3.15. The van der Waals surface area contributed by atoms with E-state index in [1.807, 2.05) is 0 Å². The van der Waals surface area contributed by atoms with Gasteiger partial charge in [0, 0.05) is 13.1 Å². The highest BCUT2D eigenvalue weighted by atomic mass is 15.1. The second kappa shape index (κ2) is 7.29. The van der Waals surface area contributed by atoms with Crippen LogP contribution in [0.25, 0.3) is 0 Å². The molecule has 2 heteroatoms. The van der Waals surface area contributed by atoms with Crippen LogP contribution in [-0.4, -0.2) is 38.6 Å². The van der Waals surface area contributed by atoms with Crippen LogP contribution >= 0.6 is 0 Å². The third kappa shape index (κ3) is 4.42. The number of hydrogen-bond donors (Lipinski definition) is 1. The van der Waals surface area contributed by atoms with E-state index >= 15 is 0 Å². The molecular formula is C14H30N2. The quantitative estimate of drug-likeness (QED) is 0.718. The van der Waals surface area contributed by atoms with E-state index in [2.05, 4.69) is 31.2 Å². The zero-order valence-corrected chi connectivity index (χ0v) is 11.5. The van der Waals surface area contributed by atoms with Crippen LogP contribution in [0.1, 0.15) is 51.9 Å². The lowest BCUT2D eigenvalue weighted by atomic mass is 9.73. The molecule has 0 aromatic rings. The van der Waals surface area contributed by atoms with Gasteiger partial charge in [0.05, 0.1) is 0 Å². The maximum Gasteiger partial charge on any atom is 0.00471 e. The van der Waals surface area contributed by atoms with Gasteiger partial charge < -0.3 is 10.2 Å². The van der Waals surface area contributed by atoms with Crippen molar-refractivity contribution in [1.29, 1.82) is 0 Å². The Balaban J connectivity index is 2.42. The summed E-state index contributed by atoms with van der Waals surface area (Å²) in [6.07, 6.45) is 9.81. The van der Waals surface area contributed by atoms with Gasteiger partial charge in [-0.1, -0.05) is 32.6 Å². The van der Waals surface area contributed by atoms with E-state index in [9.17, 15) is 0 Å². The van der Waals surface area contributed by atoms with Gasteiger partial charge in [0.2, 0.25) is 0 Å². The lowest BCUT2D eigenvalue weighted by Gasteiger charge is -2.40. The molecule has 0 saturated heterocycles. The Kier molecular flexibility index (Phi) is 6.37. The predicted octanol–water partition coefficient (Wildman–Crippen LogP) is 2.89. The van der Waals surface area contributed by atoms with E-state index in [4.69, 9.17) is 0 Å². The summed E-state index contributed by atoms with van der Waals surface area (Å²) < 4.78 is 0. The Morgan fingerprint density at radius 1 is 1.19 bits per heavy atom. The lowest BCUT2D eigenvalue weighted by molar-refractivity contribution is 0.119. The van der Waals surface area contributed by atoms with Crippen LogP contribution in [-0.2, 0) is 0 Å². The SMILES string of the molecule is CCCCN(C)CC1(CNC)CCCCC1. The summed E-state index contributed by atoms with van der Waals surface area (Å²) in [5, 5.41) is 3.41. The Bertz CT molecular complexity index is 168. The van der Waals surface area contributed by atoms with Gasteiger partial charge in [-0.3, -0.25) is 0 Å². The second-order valence-corrected chi connectivity index (χ2v) is 5.68. The molecule has 96 valence electrons. The number of rotatable bonds is 7. The molecule has 0 amide bonds. The van der Waals surface area contributed by atoms with E-state index in [0.717, 1.165) is 0 Å². The highest BCUT2D eigenvalue weighted by Crippen LogP contribution is 2.36. The van der Waals surface area contributed by atoms with Gasteiger partial charge in [0.1, 0.15) is 0 Å². The molecule has 0 aromatic carbocycles. The number of unbranched alkanes of at least 4 members (excludes halogenated alkanes) is 1. The minimum absolute atomic E-state index is 0.565. The molecule has 0 atom stereocenters. The zero-order chi connectivity index (χ0) is 11.9. The van der Waals surface area contributed by atoms with Crippen molar-refractivity contribution in [3.8, 4) is 0 Å². The minimum atomic E-state index is 0.565. The van der Waals surface area contributed by atoms with E-state index in [-0.39, 0.29) is 0 Å². The topological polar surface area (TPSA) is 15.3 Å². The first-order chi connectivity index (χ1) is 7.72. The van der Waals surface area contributed by atoms with Gasteiger partial charge in [-0.15, -0.1) is 0 Å². The second-order valence-electron chi connectivity index (χ2n) is 5.68. The van der Waals surface area contributed by atoms with Gasteiger partial charge in [-0.05, 0) is 45.3 Å². The Labute approximate surface area is 102 Å².